The second-order valence-electron chi connectivity index (χ2n) is 17.6. The molecule has 2 aromatic heterocycles. The van der Waals surface area contributed by atoms with Crippen LogP contribution in [0.4, 0.5) is 0 Å². The molecule has 0 aliphatic heterocycles. The van der Waals surface area contributed by atoms with Crippen molar-refractivity contribution in [2.24, 2.45) is 0 Å². The lowest BCUT2D eigenvalue weighted by Crippen LogP contribution is -1.92. The van der Waals surface area contributed by atoms with Gasteiger partial charge in [-0.05, 0) is 159 Å². The van der Waals surface area contributed by atoms with Gasteiger partial charge in [0.2, 0.25) is 0 Å². The fourth-order valence-corrected chi connectivity index (χ4v) is 10.6. The first kappa shape index (κ1) is 36.7. The van der Waals surface area contributed by atoms with Gasteiger partial charge in [-0.25, -0.2) is 0 Å². The van der Waals surface area contributed by atoms with Gasteiger partial charge in [0.05, 0.1) is 0 Å². The number of rotatable bonds is 5. The minimum atomic E-state index is 0.782. The summed E-state index contributed by atoms with van der Waals surface area (Å²) in [5.41, 5.74) is 15.2. The topological polar surface area (TPSA) is 26.3 Å². The van der Waals surface area contributed by atoms with Gasteiger partial charge < -0.3 is 8.83 Å². The van der Waals surface area contributed by atoms with Crippen molar-refractivity contribution in [2.45, 2.75) is 0 Å². The van der Waals surface area contributed by atoms with E-state index in [2.05, 4.69) is 218 Å². The fraction of sp³-hybridized carbons (Fsp3) is 0. The van der Waals surface area contributed by atoms with Crippen molar-refractivity contribution >= 4 is 87.0 Å². The molecule has 0 amide bonds. The van der Waals surface area contributed by atoms with E-state index in [1.807, 2.05) is 12.1 Å². The molecule has 306 valence electrons. The molecule has 0 aliphatic carbocycles. The SMILES string of the molecule is c1cc(-c2ccc3ccccc3c2)cc(-c2c3ccccc3c(-c3cccc(-c4ccc5ccccc5c4)c3)c3cc(-c4ccc5oc6c(ccc7c8ccccc8oc76)c5c4)ccc23)c1. The maximum absolute atomic E-state index is 6.59. The summed E-state index contributed by atoms with van der Waals surface area (Å²) in [6, 6.07) is 84.1. The van der Waals surface area contributed by atoms with Crippen LogP contribution in [-0.4, -0.2) is 0 Å². The Bertz CT molecular complexity index is 4300. The van der Waals surface area contributed by atoms with Crippen molar-refractivity contribution in [2.75, 3.05) is 0 Å². The molecule has 14 aromatic rings. The molecule has 0 saturated carbocycles. The van der Waals surface area contributed by atoms with Crippen molar-refractivity contribution in [1.29, 1.82) is 0 Å². The Kier molecular flexibility index (Phi) is 8.02. The summed E-state index contributed by atoms with van der Waals surface area (Å²) in [4.78, 5) is 0. The number of hydrogen-bond donors (Lipinski definition) is 0. The van der Waals surface area contributed by atoms with E-state index in [0.717, 1.165) is 55.0 Å². The van der Waals surface area contributed by atoms with E-state index in [1.165, 1.54) is 87.6 Å². The molecule has 2 nitrogen and oxygen atoms in total. The molecule has 0 spiro atoms. The fourth-order valence-electron chi connectivity index (χ4n) is 10.6. The Morgan fingerprint density at radius 2 is 0.591 bits per heavy atom. The van der Waals surface area contributed by atoms with Crippen molar-refractivity contribution in [1.82, 2.24) is 0 Å². The number of benzene rings is 12. The quantitative estimate of drug-likeness (QED) is 0.161. The molecular formula is C64H38O2. The van der Waals surface area contributed by atoms with Gasteiger partial charge in [0.1, 0.15) is 11.2 Å². The van der Waals surface area contributed by atoms with E-state index in [-0.39, 0.29) is 0 Å². The Hall–Kier alpha value is -8.72. The number of para-hydroxylation sites is 1. The van der Waals surface area contributed by atoms with Gasteiger partial charge in [0.15, 0.2) is 11.2 Å². The minimum absolute atomic E-state index is 0.782. The summed E-state index contributed by atoms with van der Waals surface area (Å²) < 4.78 is 13.0. The number of fused-ring (bicyclic) bond motifs is 11. The molecule has 0 fully saturated rings. The van der Waals surface area contributed by atoms with Gasteiger partial charge in [-0.15, -0.1) is 0 Å². The largest absolute Gasteiger partial charge is 0.452 e. The number of furan rings is 2. The molecule has 14 rings (SSSR count). The van der Waals surface area contributed by atoms with Gasteiger partial charge in [-0.1, -0.05) is 170 Å². The van der Waals surface area contributed by atoms with Crippen molar-refractivity contribution in [3.63, 3.8) is 0 Å². The molecule has 0 atom stereocenters. The second-order valence-corrected chi connectivity index (χ2v) is 17.6. The van der Waals surface area contributed by atoms with Crippen LogP contribution in [0.2, 0.25) is 0 Å². The third-order valence-corrected chi connectivity index (χ3v) is 13.8. The Labute approximate surface area is 380 Å². The zero-order valence-electron chi connectivity index (χ0n) is 35.8. The highest BCUT2D eigenvalue weighted by Gasteiger charge is 2.20. The summed E-state index contributed by atoms with van der Waals surface area (Å²) in [5.74, 6) is 0. The van der Waals surface area contributed by atoms with Crippen LogP contribution in [0.25, 0.3) is 143 Å². The van der Waals surface area contributed by atoms with Crippen LogP contribution in [0.3, 0.4) is 0 Å². The molecule has 0 saturated heterocycles. The van der Waals surface area contributed by atoms with E-state index in [9.17, 15) is 0 Å². The molecular weight excluding hydrogens is 801 g/mol. The van der Waals surface area contributed by atoms with Gasteiger partial charge in [-0.2, -0.15) is 0 Å². The Morgan fingerprint density at radius 3 is 1.21 bits per heavy atom. The maximum atomic E-state index is 6.59. The van der Waals surface area contributed by atoms with Gasteiger partial charge in [0, 0.05) is 21.5 Å². The van der Waals surface area contributed by atoms with Crippen LogP contribution in [-0.2, 0) is 0 Å². The van der Waals surface area contributed by atoms with Crippen LogP contribution in [0.1, 0.15) is 0 Å². The van der Waals surface area contributed by atoms with Crippen LogP contribution < -0.4 is 0 Å². The van der Waals surface area contributed by atoms with Crippen molar-refractivity contribution in [3.05, 3.63) is 231 Å². The molecule has 2 heteroatoms. The predicted octanol–water partition coefficient (Wildman–Crippen LogP) is 18.4. The highest BCUT2D eigenvalue weighted by atomic mass is 16.4. The summed E-state index contributed by atoms with van der Waals surface area (Å²) in [7, 11) is 0. The first-order valence-corrected chi connectivity index (χ1v) is 22.6. The predicted molar refractivity (Wildman–Crippen MR) is 278 cm³/mol. The Balaban J connectivity index is 0.995. The first-order valence-electron chi connectivity index (χ1n) is 22.6. The molecule has 0 unspecified atom stereocenters. The molecule has 12 aromatic carbocycles. The molecule has 0 aliphatic rings. The highest BCUT2D eigenvalue weighted by Crippen LogP contribution is 2.47. The third-order valence-electron chi connectivity index (χ3n) is 13.8. The van der Waals surface area contributed by atoms with Crippen molar-refractivity contribution in [3.8, 4) is 55.6 Å². The van der Waals surface area contributed by atoms with Crippen LogP contribution in [0.5, 0.6) is 0 Å². The normalized spacial score (nSPS) is 11.9. The summed E-state index contributed by atoms with van der Waals surface area (Å²) in [5, 5.41) is 14.1. The van der Waals surface area contributed by atoms with Crippen molar-refractivity contribution < 1.29 is 8.83 Å². The molecule has 0 radical (unpaired) electrons. The zero-order valence-corrected chi connectivity index (χ0v) is 35.8. The third kappa shape index (κ3) is 5.75. The monoisotopic (exact) mass is 838 g/mol. The maximum Gasteiger partial charge on any atom is 0.178 e. The average molecular weight is 839 g/mol. The lowest BCUT2D eigenvalue weighted by Gasteiger charge is -2.20. The lowest BCUT2D eigenvalue weighted by atomic mass is 9.84. The molecule has 0 N–H and O–H groups in total. The summed E-state index contributed by atoms with van der Waals surface area (Å²) in [6.07, 6.45) is 0. The first-order chi connectivity index (χ1) is 32.7. The lowest BCUT2D eigenvalue weighted by molar-refractivity contribution is 0.633. The van der Waals surface area contributed by atoms with Crippen LogP contribution >= 0.6 is 0 Å². The van der Waals surface area contributed by atoms with E-state index < -0.39 is 0 Å². The second kappa shape index (κ2) is 14.4. The van der Waals surface area contributed by atoms with Gasteiger partial charge in [-0.3, -0.25) is 0 Å². The standard InChI is InChI=1S/C64H38O2/c1-3-13-41-33-45(25-23-39(41)11-1)43-15-9-17-49(35-43)61-52-20-5-6-21-53(52)62(50-18-10-16-44(36-50)46-26-24-40-12-2-4-14-42(40)34-46)58-38-47(27-29-54(58)61)48-28-32-60-57(37-48)56-31-30-55-51-19-7-8-22-59(51)65-63(55)64(56)66-60/h1-38H. The van der Waals surface area contributed by atoms with Gasteiger partial charge in [0.25, 0.3) is 0 Å². The zero-order chi connectivity index (χ0) is 43.3. The average Bonchev–Trinajstić information content (AvgIpc) is 3.96. The van der Waals surface area contributed by atoms with Crippen LogP contribution in [0, 0.1) is 0 Å². The highest BCUT2D eigenvalue weighted by molar-refractivity contribution is 6.23. The minimum Gasteiger partial charge on any atom is -0.452 e. The van der Waals surface area contributed by atoms with E-state index in [1.54, 1.807) is 0 Å². The van der Waals surface area contributed by atoms with E-state index in [0.29, 0.717) is 0 Å². The molecule has 0 bridgehead atoms. The summed E-state index contributed by atoms with van der Waals surface area (Å²) >= 11 is 0. The van der Waals surface area contributed by atoms with Crippen LogP contribution in [0.15, 0.2) is 239 Å². The van der Waals surface area contributed by atoms with Gasteiger partial charge >= 0.3 is 0 Å². The van der Waals surface area contributed by atoms with E-state index >= 15 is 0 Å². The Morgan fingerprint density at radius 1 is 0.197 bits per heavy atom. The smallest absolute Gasteiger partial charge is 0.178 e. The van der Waals surface area contributed by atoms with E-state index in [4.69, 9.17) is 8.83 Å². The number of hydrogen-bond acceptors (Lipinski definition) is 2. The molecule has 2 heterocycles. The summed E-state index contributed by atoms with van der Waals surface area (Å²) in [6.45, 7) is 0. The molecule has 66 heavy (non-hydrogen) atoms.